The summed E-state index contributed by atoms with van der Waals surface area (Å²) in [7, 11) is 0. The summed E-state index contributed by atoms with van der Waals surface area (Å²) in [5, 5.41) is 0. The lowest BCUT2D eigenvalue weighted by Crippen LogP contribution is -2.12. The third kappa shape index (κ3) is 2.88. The third-order valence-corrected chi connectivity index (χ3v) is 4.02. The van der Waals surface area contributed by atoms with E-state index in [0.717, 1.165) is 21.5 Å². The van der Waals surface area contributed by atoms with E-state index in [-0.39, 0.29) is 6.10 Å². The second-order valence-corrected chi connectivity index (χ2v) is 5.37. The van der Waals surface area contributed by atoms with Crippen molar-refractivity contribution in [3.63, 3.8) is 0 Å². The fourth-order valence-electron chi connectivity index (χ4n) is 1.85. The molecule has 4 nitrogen and oxygen atoms in total. The van der Waals surface area contributed by atoms with Crippen molar-refractivity contribution in [2.24, 2.45) is 0 Å². The van der Waals surface area contributed by atoms with E-state index in [0.29, 0.717) is 18.3 Å². The van der Waals surface area contributed by atoms with Crippen molar-refractivity contribution < 1.29 is 4.74 Å². The van der Waals surface area contributed by atoms with Crippen LogP contribution in [-0.4, -0.2) is 16.6 Å². The first-order valence-electron chi connectivity index (χ1n) is 6.11. The number of nitrogens with zero attached hydrogens (tertiary/aromatic N) is 2. The summed E-state index contributed by atoms with van der Waals surface area (Å²) in [6.45, 7) is 4.74. The molecule has 0 saturated heterocycles. The summed E-state index contributed by atoms with van der Waals surface area (Å²) in [5.74, 6) is 1.93. The lowest BCUT2D eigenvalue weighted by atomic mass is 10.2. The summed E-state index contributed by atoms with van der Waals surface area (Å²) in [6, 6.07) is 0. The molecule has 0 spiro atoms. The van der Waals surface area contributed by atoms with Gasteiger partial charge in [0.25, 0.3) is 0 Å². The number of halogens is 1. The normalized spacial score (nSPS) is 17.1. The molecule has 0 radical (unpaired) electrons. The number of anilines is 1. The van der Waals surface area contributed by atoms with E-state index >= 15 is 0 Å². The van der Waals surface area contributed by atoms with Crippen LogP contribution in [0.1, 0.15) is 56.7 Å². The topological polar surface area (TPSA) is 61.0 Å². The zero-order valence-corrected chi connectivity index (χ0v) is 12.4. The van der Waals surface area contributed by atoms with Gasteiger partial charge in [-0.1, -0.05) is 6.92 Å². The molecule has 1 saturated carbocycles. The molecule has 1 atom stereocenters. The maximum Gasteiger partial charge on any atom is 0.159 e. The van der Waals surface area contributed by atoms with Gasteiger partial charge in [-0.05, 0) is 48.8 Å². The fraction of sp³-hybridized carbons (Fsp3) is 0.667. The summed E-state index contributed by atoms with van der Waals surface area (Å²) in [6.07, 6.45) is 3.28. The maximum absolute atomic E-state index is 5.96. The van der Waals surface area contributed by atoms with Crippen LogP contribution in [0.5, 0.6) is 0 Å². The minimum absolute atomic E-state index is 0.0307. The van der Waals surface area contributed by atoms with Crippen molar-refractivity contribution in [3.05, 3.63) is 15.1 Å². The molecule has 5 heteroatoms. The second kappa shape index (κ2) is 5.48. The summed E-state index contributed by atoms with van der Waals surface area (Å²) in [5.41, 5.74) is 7.08. The monoisotopic (exact) mass is 347 g/mol. The standard InChI is InChI=1S/C12H18IN3O/c1-3-8(17-4-2)12-15-10(7-5-6-7)9(13)11(14)16-12/h7-8H,3-6H2,1-2H3,(H2,14,15,16). The molecule has 1 fully saturated rings. The van der Waals surface area contributed by atoms with E-state index in [1.54, 1.807) is 0 Å². The second-order valence-electron chi connectivity index (χ2n) is 4.29. The first-order valence-corrected chi connectivity index (χ1v) is 7.19. The number of rotatable bonds is 5. The van der Waals surface area contributed by atoms with Gasteiger partial charge in [-0.15, -0.1) is 0 Å². The Balaban J connectivity index is 2.33. The Labute approximate surface area is 115 Å². The molecule has 94 valence electrons. The van der Waals surface area contributed by atoms with E-state index in [1.807, 2.05) is 6.92 Å². The van der Waals surface area contributed by atoms with Crippen LogP contribution >= 0.6 is 22.6 Å². The molecular weight excluding hydrogens is 329 g/mol. The molecule has 2 N–H and O–H groups in total. The van der Waals surface area contributed by atoms with Crippen LogP contribution in [-0.2, 0) is 4.74 Å². The molecule has 0 aliphatic heterocycles. The average molecular weight is 347 g/mol. The average Bonchev–Trinajstić information content (AvgIpc) is 3.13. The highest BCUT2D eigenvalue weighted by atomic mass is 127. The molecule has 1 aliphatic rings. The van der Waals surface area contributed by atoms with Crippen LogP contribution in [0.15, 0.2) is 0 Å². The quantitative estimate of drug-likeness (QED) is 0.832. The van der Waals surface area contributed by atoms with Crippen molar-refractivity contribution in [1.29, 1.82) is 0 Å². The van der Waals surface area contributed by atoms with Crippen molar-refractivity contribution in [1.82, 2.24) is 9.97 Å². The van der Waals surface area contributed by atoms with Gasteiger partial charge in [0.2, 0.25) is 0 Å². The van der Waals surface area contributed by atoms with Crippen LogP contribution < -0.4 is 5.73 Å². The molecule has 0 bridgehead atoms. The van der Waals surface area contributed by atoms with Crippen molar-refractivity contribution >= 4 is 28.4 Å². The van der Waals surface area contributed by atoms with Gasteiger partial charge >= 0.3 is 0 Å². The van der Waals surface area contributed by atoms with Gasteiger partial charge in [-0.3, -0.25) is 0 Å². The summed E-state index contributed by atoms with van der Waals surface area (Å²) in [4.78, 5) is 9.03. The van der Waals surface area contributed by atoms with Gasteiger partial charge in [-0.25, -0.2) is 9.97 Å². The van der Waals surface area contributed by atoms with E-state index in [9.17, 15) is 0 Å². The van der Waals surface area contributed by atoms with Crippen LogP contribution in [0.3, 0.4) is 0 Å². The van der Waals surface area contributed by atoms with E-state index in [2.05, 4.69) is 39.5 Å². The number of aromatic nitrogens is 2. The van der Waals surface area contributed by atoms with Gasteiger partial charge in [0.1, 0.15) is 11.9 Å². The Hall–Kier alpha value is -0.430. The minimum atomic E-state index is -0.0307. The van der Waals surface area contributed by atoms with Gasteiger partial charge in [0.05, 0.1) is 9.26 Å². The maximum atomic E-state index is 5.96. The van der Waals surface area contributed by atoms with E-state index < -0.39 is 0 Å². The highest BCUT2D eigenvalue weighted by Gasteiger charge is 2.30. The lowest BCUT2D eigenvalue weighted by molar-refractivity contribution is 0.0534. The highest BCUT2D eigenvalue weighted by molar-refractivity contribution is 14.1. The predicted octanol–water partition coefficient (Wildman–Crippen LogP) is 3.03. The Morgan fingerprint density at radius 1 is 1.41 bits per heavy atom. The molecule has 1 aromatic heterocycles. The lowest BCUT2D eigenvalue weighted by Gasteiger charge is -2.16. The summed E-state index contributed by atoms with van der Waals surface area (Å²) >= 11 is 2.24. The molecule has 1 aliphatic carbocycles. The highest BCUT2D eigenvalue weighted by Crippen LogP contribution is 2.42. The van der Waals surface area contributed by atoms with Crippen molar-refractivity contribution in [2.75, 3.05) is 12.3 Å². The van der Waals surface area contributed by atoms with Gasteiger partial charge in [-0.2, -0.15) is 0 Å². The van der Waals surface area contributed by atoms with E-state index in [4.69, 9.17) is 10.5 Å². The van der Waals surface area contributed by atoms with Crippen molar-refractivity contribution in [2.45, 2.75) is 45.1 Å². The fourth-order valence-corrected chi connectivity index (χ4v) is 2.53. The molecule has 1 unspecified atom stereocenters. The minimum Gasteiger partial charge on any atom is -0.383 e. The van der Waals surface area contributed by atoms with E-state index in [1.165, 1.54) is 12.8 Å². The van der Waals surface area contributed by atoms with Crippen LogP contribution in [0.25, 0.3) is 0 Å². The Bertz CT molecular complexity index is 407. The smallest absolute Gasteiger partial charge is 0.159 e. The zero-order chi connectivity index (χ0) is 12.4. The number of nitrogens with two attached hydrogens (primary N) is 1. The Kier molecular flexibility index (Phi) is 4.19. The van der Waals surface area contributed by atoms with Gasteiger partial charge in [0.15, 0.2) is 5.82 Å². The molecule has 0 aromatic carbocycles. The molecule has 1 heterocycles. The molecule has 0 amide bonds. The Morgan fingerprint density at radius 3 is 2.65 bits per heavy atom. The molecular formula is C12H18IN3O. The van der Waals surface area contributed by atoms with Crippen LogP contribution in [0.4, 0.5) is 5.82 Å². The first kappa shape index (κ1) is 13.0. The Morgan fingerprint density at radius 2 is 2.12 bits per heavy atom. The largest absolute Gasteiger partial charge is 0.383 e. The zero-order valence-electron chi connectivity index (χ0n) is 10.2. The molecule has 17 heavy (non-hydrogen) atoms. The SMILES string of the molecule is CCOC(CC)c1nc(N)c(I)c(C2CC2)n1. The number of nitrogen functional groups attached to an aromatic ring is 1. The number of hydrogen-bond donors (Lipinski definition) is 1. The van der Waals surface area contributed by atoms with Crippen LogP contribution in [0.2, 0.25) is 0 Å². The summed E-state index contributed by atoms with van der Waals surface area (Å²) < 4.78 is 6.66. The number of ether oxygens (including phenoxy) is 1. The number of hydrogen-bond acceptors (Lipinski definition) is 4. The van der Waals surface area contributed by atoms with Crippen molar-refractivity contribution in [3.8, 4) is 0 Å². The first-order chi connectivity index (χ1) is 8.17. The molecule has 1 aromatic rings. The van der Waals surface area contributed by atoms with Gasteiger partial charge < -0.3 is 10.5 Å². The predicted molar refractivity (Wildman–Crippen MR) is 75.8 cm³/mol. The van der Waals surface area contributed by atoms with Gasteiger partial charge in [0, 0.05) is 12.5 Å². The molecule has 2 rings (SSSR count). The van der Waals surface area contributed by atoms with Crippen LogP contribution in [0, 0.1) is 3.57 Å². The third-order valence-electron chi connectivity index (χ3n) is 2.91.